The molecule has 2 aromatic heterocycles. The first-order chi connectivity index (χ1) is 22.6. The average Bonchev–Trinajstić information content (AvgIpc) is 3.49. The molecule has 10 heteroatoms. The largest absolute Gasteiger partial charge is 0.488 e. The summed E-state index contributed by atoms with van der Waals surface area (Å²) in [5.74, 6) is 1.47. The molecule has 5 aromatic rings. The van der Waals surface area contributed by atoms with Crippen LogP contribution in [-0.4, -0.2) is 39.9 Å². The zero-order valence-electron chi connectivity index (χ0n) is 27.2. The molecule has 1 fully saturated rings. The van der Waals surface area contributed by atoms with E-state index in [1.54, 1.807) is 10.9 Å². The van der Waals surface area contributed by atoms with E-state index in [9.17, 15) is 9.59 Å². The van der Waals surface area contributed by atoms with Crippen molar-refractivity contribution in [3.63, 3.8) is 0 Å². The van der Waals surface area contributed by atoms with Gasteiger partial charge in [-0.3, -0.25) is 10.1 Å². The summed E-state index contributed by atoms with van der Waals surface area (Å²) in [4.78, 5) is 30.3. The highest BCUT2D eigenvalue weighted by Crippen LogP contribution is 2.33. The van der Waals surface area contributed by atoms with E-state index in [0.29, 0.717) is 36.3 Å². The number of aryl methyl sites for hydroxylation is 1. The number of nitrogens with one attached hydrogen (secondary N) is 3. The maximum Gasteiger partial charge on any atom is 0.324 e. The first kappa shape index (κ1) is 31.7. The number of pyridine rings is 1. The summed E-state index contributed by atoms with van der Waals surface area (Å²) < 4.78 is 13.5. The number of nitrogens with zero attached hydrogens (tertiary/aromatic N) is 3. The van der Waals surface area contributed by atoms with Crippen molar-refractivity contribution in [1.29, 1.82) is 0 Å². The van der Waals surface area contributed by atoms with Crippen LogP contribution in [0.15, 0.2) is 85.1 Å². The van der Waals surface area contributed by atoms with Gasteiger partial charge in [-0.15, -0.1) is 0 Å². The number of urea groups is 1. The lowest BCUT2D eigenvalue weighted by molar-refractivity contribution is -0.123. The fourth-order valence-corrected chi connectivity index (χ4v) is 5.46. The lowest BCUT2D eigenvalue weighted by Gasteiger charge is -2.21. The molecule has 1 saturated heterocycles. The molecule has 0 unspecified atom stereocenters. The van der Waals surface area contributed by atoms with Crippen LogP contribution < -0.4 is 20.7 Å². The second-order valence-corrected chi connectivity index (χ2v) is 12.9. The number of hydrogen-bond acceptors (Lipinski definition) is 6. The molecule has 0 spiro atoms. The molecule has 3 N–H and O–H groups in total. The normalized spacial score (nSPS) is 14.9. The number of aromatic nitrogens is 3. The van der Waals surface area contributed by atoms with Crippen molar-refractivity contribution in [2.75, 3.05) is 29.2 Å². The second-order valence-electron chi connectivity index (χ2n) is 12.9. The molecular formula is C37H40N6O4. The number of hydrogen-bond donors (Lipinski definition) is 3. The Morgan fingerprint density at radius 2 is 1.74 bits per heavy atom. The highest BCUT2D eigenvalue weighted by atomic mass is 16.5. The minimum absolute atomic E-state index is 0.0809. The van der Waals surface area contributed by atoms with Gasteiger partial charge in [-0.2, -0.15) is 5.10 Å². The van der Waals surface area contributed by atoms with Gasteiger partial charge in [-0.25, -0.2) is 14.5 Å². The lowest BCUT2D eigenvalue weighted by Crippen LogP contribution is -2.30. The van der Waals surface area contributed by atoms with Crippen LogP contribution in [0.3, 0.4) is 0 Å². The van der Waals surface area contributed by atoms with Gasteiger partial charge in [0.1, 0.15) is 24.0 Å². The maximum absolute atomic E-state index is 13.4. The van der Waals surface area contributed by atoms with Crippen molar-refractivity contribution in [3.05, 3.63) is 102 Å². The minimum atomic E-state index is -0.385. The number of carbonyl (C=O) groups is 2. The molecule has 0 bridgehead atoms. The van der Waals surface area contributed by atoms with E-state index in [2.05, 4.69) is 41.7 Å². The minimum Gasteiger partial charge on any atom is -0.488 e. The van der Waals surface area contributed by atoms with Gasteiger partial charge in [-0.05, 0) is 61.7 Å². The number of carbonyl (C=O) groups excluding carboxylic acids is 2. The summed E-state index contributed by atoms with van der Waals surface area (Å²) >= 11 is 0. The Bertz CT molecular complexity index is 1890. The number of fused-ring (bicyclic) bond motifs is 1. The van der Waals surface area contributed by atoms with Gasteiger partial charge < -0.3 is 20.1 Å². The molecule has 242 valence electrons. The molecule has 3 amide bonds. The molecule has 1 atom stereocenters. The smallest absolute Gasteiger partial charge is 0.324 e. The molecular weight excluding hydrogens is 592 g/mol. The van der Waals surface area contributed by atoms with E-state index in [4.69, 9.17) is 14.6 Å². The second kappa shape index (κ2) is 13.6. The van der Waals surface area contributed by atoms with Crippen molar-refractivity contribution in [3.8, 4) is 11.4 Å². The summed E-state index contributed by atoms with van der Waals surface area (Å²) in [5, 5.41) is 15.4. The fourth-order valence-electron chi connectivity index (χ4n) is 5.46. The number of anilines is 3. The zero-order chi connectivity index (χ0) is 33.0. The predicted molar refractivity (Wildman–Crippen MR) is 184 cm³/mol. The molecule has 0 aliphatic carbocycles. The van der Waals surface area contributed by atoms with Crippen molar-refractivity contribution >= 4 is 40.0 Å². The third-order valence-electron chi connectivity index (χ3n) is 8.13. The van der Waals surface area contributed by atoms with Gasteiger partial charge in [-0.1, -0.05) is 62.7 Å². The van der Waals surface area contributed by atoms with Crippen molar-refractivity contribution in [2.45, 2.75) is 52.6 Å². The quantitative estimate of drug-likeness (QED) is 0.162. The maximum atomic E-state index is 13.4. The van der Waals surface area contributed by atoms with Gasteiger partial charge in [0.15, 0.2) is 0 Å². The van der Waals surface area contributed by atoms with Crippen LogP contribution >= 0.6 is 0 Å². The molecule has 0 radical (unpaired) electrons. The van der Waals surface area contributed by atoms with Gasteiger partial charge in [0.05, 0.1) is 29.6 Å². The molecule has 3 aromatic carbocycles. The van der Waals surface area contributed by atoms with Gasteiger partial charge in [0.25, 0.3) is 0 Å². The SMILES string of the molecule is Cc1ccc(-n2nc(C(C)(C)C)cc2NC(=O)Nc2ccc(OCc3ccnc(NC(=O)[C@H]4CCCOC4)c3)c3ccccc23)cc1. The molecule has 3 heterocycles. The van der Waals surface area contributed by atoms with Crippen molar-refractivity contribution in [2.24, 2.45) is 5.92 Å². The summed E-state index contributed by atoms with van der Waals surface area (Å²) in [6.45, 7) is 9.72. The Labute approximate surface area is 274 Å². The Kier molecular flexibility index (Phi) is 9.22. The number of ether oxygens (including phenoxy) is 2. The average molecular weight is 633 g/mol. The van der Waals surface area contributed by atoms with Crippen LogP contribution in [0, 0.1) is 12.8 Å². The zero-order valence-corrected chi connectivity index (χ0v) is 27.2. The molecule has 47 heavy (non-hydrogen) atoms. The van der Waals surface area contributed by atoms with Gasteiger partial charge in [0, 0.05) is 35.1 Å². The Hall–Kier alpha value is -5.22. The topological polar surface area (TPSA) is 119 Å². The van der Waals surface area contributed by atoms with Crippen LogP contribution in [0.25, 0.3) is 16.5 Å². The highest BCUT2D eigenvalue weighted by Gasteiger charge is 2.23. The van der Waals surface area contributed by atoms with E-state index in [1.165, 1.54) is 0 Å². The van der Waals surface area contributed by atoms with E-state index >= 15 is 0 Å². The molecule has 1 aliphatic rings. The molecule has 1 aliphatic heterocycles. The number of benzene rings is 3. The van der Waals surface area contributed by atoms with E-state index < -0.39 is 0 Å². The summed E-state index contributed by atoms with van der Waals surface area (Å²) in [7, 11) is 0. The summed E-state index contributed by atoms with van der Waals surface area (Å²) in [6.07, 6.45) is 3.35. The first-order valence-corrected chi connectivity index (χ1v) is 15.9. The number of amides is 3. The monoisotopic (exact) mass is 632 g/mol. The Morgan fingerprint density at radius 1 is 0.957 bits per heavy atom. The lowest BCUT2D eigenvalue weighted by atomic mass is 9.92. The van der Waals surface area contributed by atoms with Crippen molar-refractivity contribution in [1.82, 2.24) is 14.8 Å². The van der Waals surface area contributed by atoms with Gasteiger partial charge >= 0.3 is 6.03 Å². The van der Waals surface area contributed by atoms with Crippen LogP contribution in [0.1, 0.15) is 50.4 Å². The Morgan fingerprint density at radius 3 is 2.49 bits per heavy atom. The van der Waals surface area contributed by atoms with Gasteiger partial charge in [0.2, 0.25) is 5.91 Å². The third kappa shape index (κ3) is 7.61. The van der Waals surface area contributed by atoms with Crippen LogP contribution in [0.5, 0.6) is 5.75 Å². The fraction of sp³-hybridized carbons (Fsp3) is 0.297. The Balaban J connectivity index is 1.16. The molecule has 10 nitrogen and oxygen atoms in total. The van der Waals surface area contributed by atoms with Crippen LogP contribution in [-0.2, 0) is 21.6 Å². The summed E-state index contributed by atoms with van der Waals surface area (Å²) in [6, 6.07) is 24.6. The summed E-state index contributed by atoms with van der Waals surface area (Å²) in [5.41, 5.74) is 4.16. The van der Waals surface area contributed by atoms with E-state index in [-0.39, 0.29) is 29.9 Å². The number of rotatable bonds is 8. The van der Waals surface area contributed by atoms with Crippen LogP contribution in [0.2, 0.25) is 0 Å². The highest BCUT2D eigenvalue weighted by molar-refractivity contribution is 6.07. The van der Waals surface area contributed by atoms with E-state index in [0.717, 1.165) is 46.1 Å². The molecule has 0 saturated carbocycles. The molecule has 6 rings (SSSR count). The van der Waals surface area contributed by atoms with Crippen molar-refractivity contribution < 1.29 is 19.1 Å². The third-order valence-corrected chi connectivity index (χ3v) is 8.13. The first-order valence-electron chi connectivity index (χ1n) is 15.9. The van der Waals surface area contributed by atoms with E-state index in [1.807, 2.05) is 85.8 Å². The predicted octanol–water partition coefficient (Wildman–Crippen LogP) is 7.61. The standard InChI is InChI=1S/C37H40N6O4/c1-24-11-13-27(14-12-24)43-34(21-32(42-43)37(2,3)4)41-36(45)39-30-15-16-31(29-10-6-5-9-28(29)30)47-22-25-17-18-38-33(20-25)40-35(44)26-8-7-19-46-23-26/h5-6,9-18,20-21,26H,7-8,19,22-23H2,1-4H3,(H,38,40,44)(H2,39,41,45)/t26-/m0/s1. The van der Waals surface area contributed by atoms with Crippen LogP contribution in [0.4, 0.5) is 22.1 Å².